The van der Waals surface area contributed by atoms with Gasteiger partial charge in [-0.25, -0.2) is 15.0 Å². The zero-order chi connectivity index (χ0) is 21.9. The smallest absolute Gasteiger partial charge is 1.00 e. The van der Waals surface area contributed by atoms with Crippen molar-refractivity contribution in [2.45, 2.75) is 13.1 Å². The predicted molar refractivity (Wildman–Crippen MR) is 125 cm³/mol. The number of benzene rings is 2. The fourth-order valence-electron chi connectivity index (χ4n) is 4.04. The zero-order valence-corrected chi connectivity index (χ0v) is 25.3. The Morgan fingerprint density at radius 3 is 1.42 bits per heavy atom. The van der Waals surface area contributed by atoms with E-state index in [-0.39, 0.29) is 78.1 Å². The normalized spacial score (nSPS) is 10.3. The fraction of sp³-hybridized carbons (Fsp3) is 0.240. The number of fused-ring (bicyclic) bond motifs is 2. The topological polar surface area (TPSA) is 67.0 Å². The molecule has 0 amide bonds. The number of aromatic nitrogens is 5. The van der Waals surface area contributed by atoms with Crippen molar-refractivity contribution in [1.29, 1.82) is 0 Å². The van der Waals surface area contributed by atoms with E-state index < -0.39 is 0 Å². The molecule has 7 nitrogen and oxygen atoms in total. The standard InChI is InChI=1S/C25H25N5O2.3ClH.Nd/c1-31-16-14-29-22-12-5-3-8-18(22)27-24(29)20-10-7-11-21(26-20)25-28-19-9-4-6-13-23(19)30(25)15-17-32-2;;;;/h3-13H,14-17H2,1-2H3;3*1H;/q;;;;+3/p-3. The second-order valence-corrected chi connectivity index (χ2v) is 7.55. The molecule has 5 rings (SSSR count). The van der Waals surface area contributed by atoms with Crippen LogP contribution in [0.2, 0.25) is 0 Å². The molecule has 0 unspecified atom stereocenters. The van der Waals surface area contributed by atoms with Crippen LogP contribution >= 0.6 is 0 Å². The molecule has 0 spiro atoms. The van der Waals surface area contributed by atoms with Gasteiger partial charge in [-0.3, -0.25) is 0 Å². The number of para-hydroxylation sites is 4. The van der Waals surface area contributed by atoms with Crippen LogP contribution in [0.1, 0.15) is 0 Å². The van der Waals surface area contributed by atoms with Crippen LogP contribution in [-0.4, -0.2) is 51.5 Å². The van der Waals surface area contributed by atoms with Crippen LogP contribution in [0.3, 0.4) is 0 Å². The van der Waals surface area contributed by atoms with Crippen molar-refractivity contribution < 1.29 is 87.5 Å². The number of halogens is 3. The van der Waals surface area contributed by atoms with Crippen molar-refractivity contribution >= 4 is 22.1 Å². The summed E-state index contributed by atoms with van der Waals surface area (Å²) in [5, 5.41) is 0. The molecule has 187 valence electrons. The van der Waals surface area contributed by atoms with E-state index in [4.69, 9.17) is 24.4 Å². The SMILES string of the molecule is COCCn1c(-c2cccc(-c3nc4ccccc4n3CCOC)n2)nc2ccccc21.[Cl-].[Cl-].[Cl-].[Nd+3]. The first-order valence-electron chi connectivity index (χ1n) is 10.7. The molecule has 5 aromatic rings. The summed E-state index contributed by atoms with van der Waals surface area (Å²) in [7, 11) is 3.42. The van der Waals surface area contributed by atoms with Crippen LogP contribution in [0, 0.1) is 40.8 Å². The van der Waals surface area contributed by atoms with Crippen LogP contribution in [0.4, 0.5) is 0 Å². The van der Waals surface area contributed by atoms with Crippen LogP contribution in [0.15, 0.2) is 66.7 Å². The number of ether oxygens (including phenoxy) is 2. The Morgan fingerprint density at radius 2 is 1.00 bits per heavy atom. The molecule has 0 saturated heterocycles. The molecule has 36 heavy (non-hydrogen) atoms. The molecule has 1 radical (unpaired) electrons. The molecule has 11 heteroatoms. The van der Waals surface area contributed by atoms with Gasteiger partial charge in [0.1, 0.15) is 11.4 Å². The van der Waals surface area contributed by atoms with Gasteiger partial charge < -0.3 is 55.8 Å². The van der Waals surface area contributed by atoms with Gasteiger partial charge in [0.25, 0.3) is 0 Å². The number of rotatable bonds is 8. The molecule has 0 N–H and O–H groups in total. The summed E-state index contributed by atoms with van der Waals surface area (Å²) in [5.41, 5.74) is 5.63. The molecule has 3 heterocycles. The van der Waals surface area contributed by atoms with Crippen molar-refractivity contribution in [2.24, 2.45) is 0 Å². The largest absolute Gasteiger partial charge is 3.00 e. The number of methoxy groups -OCH3 is 2. The Bertz CT molecular complexity index is 1290. The summed E-state index contributed by atoms with van der Waals surface area (Å²) in [6, 6.07) is 22.3. The van der Waals surface area contributed by atoms with Gasteiger partial charge in [-0.05, 0) is 36.4 Å². The third kappa shape index (κ3) is 6.56. The van der Waals surface area contributed by atoms with Crippen LogP contribution in [-0.2, 0) is 22.6 Å². The second kappa shape index (κ2) is 15.2. The van der Waals surface area contributed by atoms with E-state index in [1.165, 1.54) is 0 Å². The van der Waals surface area contributed by atoms with Gasteiger partial charge >= 0.3 is 40.8 Å². The van der Waals surface area contributed by atoms with Crippen LogP contribution in [0.25, 0.3) is 45.1 Å². The summed E-state index contributed by atoms with van der Waals surface area (Å²) in [5.74, 6) is 1.65. The number of imidazole rings is 2. The molecule has 0 saturated carbocycles. The van der Waals surface area contributed by atoms with E-state index in [1.54, 1.807) is 14.2 Å². The second-order valence-electron chi connectivity index (χ2n) is 7.55. The maximum Gasteiger partial charge on any atom is 3.00 e. The summed E-state index contributed by atoms with van der Waals surface area (Å²) < 4.78 is 15.0. The maximum absolute atomic E-state index is 5.34. The zero-order valence-electron chi connectivity index (χ0n) is 19.9. The van der Waals surface area contributed by atoms with Crippen molar-refractivity contribution in [1.82, 2.24) is 24.1 Å². The molecule has 0 aliphatic rings. The molecule has 0 bridgehead atoms. The minimum atomic E-state index is 0. The first kappa shape index (κ1) is 32.7. The summed E-state index contributed by atoms with van der Waals surface area (Å²) in [4.78, 5) is 14.8. The van der Waals surface area contributed by atoms with Crippen LogP contribution in [0.5, 0.6) is 0 Å². The van der Waals surface area contributed by atoms with E-state index in [0.717, 1.165) is 45.1 Å². The van der Waals surface area contributed by atoms with E-state index in [9.17, 15) is 0 Å². The van der Waals surface area contributed by atoms with Crippen molar-refractivity contribution in [3.8, 4) is 23.0 Å². The number of hydrogen-bond donors (Lipinski definition) is 0. The van der Waals surface area contributed by atoms with Gasteiger partial charge in [0.15, 0.2) is 11.6 Å². The summed E-state index contributed by atoms with van der Waals surface area (Å²) >= 11 is 0. The van der Waals surface area contributed by atoms with Gasteiger partial charge in [0, 0.05) is 27.3 Å². The average molecular weight is 678 g/mol. The van der Waals surface area contributed by atoms with Gasteiger partial charge in [0.2, 0.25) is 0 Å². The van der Waals surface area contributed by atoms with Gasteiger partial charge in [-0.1, -0.05) is 30.3 Å². The van der Waals surface area contributed by atoms with Gasteiger partial charge in [-0.15, -0.1) is 0 Å². The fourth-order valence-corrected chi connectivity index (χ4v) is 4.04. The molecular weight excluding hydrogens is 653 g/mol. The number of hydrogen-bond acceptors (Lipinski definition) is 5. The molecule has 0 fully saturated rings. The maximum atomic E-state index is 5.34. The third-order valence-electron chi connectivity index (χ3n) is 5.55. The van der Waals surface area contributed by atoms with Crippen molar-refractivity contribution in [3.63, 3.8) is 0 Å². The number of nitrogens with zero attached hydrogens (tertiary/aromatic N) is 5. The van der Waals surface area contributed by atoms with Crippen LogP contribution < -0.4 is 37.2 Å². The quantitative estimate of drug-likeness (QED) is 0.166. The Labute approximate surface area is 261 Å². The monoisotopic (exact) mass is 674 g/mol. The molecular formula is C25H25Cl3N5NdO2. The molecule has 2 aromatic carbocycles. The molecule has 0 aliphatic carbocycles. The number of pyridine rings is 1. The summed E-state index contributed by atoms with van der Waals surface area (Å²) in [6.45, 7) is 2.59. The minimum Gasteiger partial charge on any atom is -1.00 e. The first-order valence-corrected chi connectivity index (χ1v) is 10.7. The van der Waals surface area contributed by atoms with Crippen molar-refractivity contribution in [2.75, 3.05) is 27.4 Å². The van der Waals surface area contributed by atoms with Crippen molar-refractivity contribution in [3.05, 3.63) is 66.7 Å². The molecule has 0 aliphatic heterocycles. The Hall–Kier alpha value is -1.33. The van der Waals surface area contributed by atoms with E-state index in [0.29, 0.717) is 26.3 Å². The third-order valence-corrected chi connectivity index (χ3v) is 5.55. The minimum absolute atomic E-state index is 0. The Balaban J connectivity index is 0.00000162. The Morgan fingerprint density at radius 1 is 0.583 bits per heavy atom. The van der Waals surface area contributed by atoms with Gasteiger partial charge in [-0.2, -0.15) is 0 Å². The predicted octanol–water partition coefficient (Wildman–Crippen LogP) is -4.58. The first-order chi connectivity index (χ1) is 15.8. The van der Waals surface area contributed by atoms with E-state index in [2.05, 4.69) is 21.3 Å². The van der Waals surface area contributed by atoms with E-state index >= 15 is 0 Å². The summed E-state index contributed by atoms with van der Waals surface area (Å²) in [6.07, 6.45) is 0. The Kier molecular flexibility index (Phi) is 13.8. The average Bonchev–Trinajstić information content (AvgIpc) is 3.40. The molecule has 0 atom stereocenters. The van der Waals surface area contributed by atoms with Gasteiger partial charge in [0.05, 0.1) is 35.3 Å². The molecule has 3 aromatic heterocycles. The van der Waals surface area contributed by atoms with E-state index in [1.807, 2.05) is 54.6 Å².